The number of ketones is 1. The first-order valence-corrected chi connectivity index (χ1v) is 6.47. The van der Waals surface area contributed by atoms with Crippen LogP contribution >= 0.6 is 15.9 Å². The van der Waals surface area contributed by atoms with Crippen LogP contribution in [0.15, 0.2) is 40.9 Å². The summed E-state index contributed by atoms with van der Waals surface area (Å²) < 4.78 is 19.4. The summed E-state index contributed by atoms with van der Waals surface area (Å²) in [6.45, 7) is 1.87. The number of carbonyl (C=O) groups excluding carboxylic acids is 1. The highest BCUT2D eigenvalue weighted by Gasteiger charge is 2.20. The van der Waals surface area contributed by atoms with E-state index in [-0.39, 0.29) is 5.56 Å². The van der Waals surface area contributed by atoms with E-state index < -0.39 is 11.6 Å². The summed E-state index contributed by atoms with van der Waals surface area (Å²) in [6.07, 6.45) is 0. The highest BCUT2D eigenvalue weighted by Crippen LogP contribution is 2.27. The highest BCUT2D eigenvalue weighted by molar-refractivity contribution is 9.10. The fourth-order valence-electron chi connectivity index (χ4n) is 1.85. The van der Waals surface area contributed by atoms with Gasteiger partial charge in [0.25, 0.3) is 0 Å². The second kappa shape index (κ2) is 5.53. The number of ether oxygens (including phenoxy) is 1. The van der Waals surface area contributed by atoms with Gasteiger partial charge in [-0.05, 0) is 47.1 Å². The molecule has 98 valence electrons. The molecule has 0 saturated carbocycles. The maximum Gasteiger partial charge on any atom is 0.200 e. The Hall–Kier alpha value is -1.68. The Bertz CT molecular complexity index is 618. The molecule has 0 N–H and O–H groups in total. The van der Waals surface area contributed by atoms with E-state index in [1.54, 1.807) is 24.3 Å². The molecule has 19 heavy (non-hydrogen) atoms. The minimum atomic E-state index is -0.553. The van der Waals surface area contributed by atoms with Gasteiger partial charge in [0.05, 0.1) is 18.2 Å². The largest absolute Gasteiger partial charge is 0.496 e. The molecule has 0 spiro atoms. The fraction of sp³-hybridized carbons (Fsp3) is 0.133. The summed E-state index contributed by atoms with van der Waals surface area (Å²) in [5, 5.41) is 0. The van der Waals surface area contributed by atoms with Crippen LogP contribution in [0.5, 0.6) is 5.75 Å². The van der Waals surface area contributed by atoms with Gasteiger partial charge < -0.3 is 4.74 Å². The lowest BCUT2D eigenvalue weighted by Crippen LogP contribution is -2.07. The molecule has 0 aromatic heterocycles. The molecular weight excluding hydrogens is 311 g/mol. The molecule has 0 amide bonds. The number of hydrogen-bond donors (Lipinski definition) is 0. The molecule has 4 heteroatoms. The van der Waals surface area contributed by atoms with Gasteiger partial charge >= 0.3 is 0 Å². The van der Waals surface area contributed by atoms with E-state index in [9.17, 15) is 9.18 Å². The number of halogens is 2. The van der Waals surface area contributed by atoms with Gasteiger partial charge in [-0.25, -0.2) is 4.39 Å². The van der Waals surface area contributed by atoms with Crippen molar-refractivity contribution in [3.05, 3.63) is 63.4 Å². The number of carbonyl (C=O) groups is 1. The zero-order valence-corrected chi connectivity index (χ0v) is 12.1. The predicted molar refractivity (Wildman–Crippen MR) is 75.3 cm³/mol. The molecule has 0 heterocycles. The highest BCUT2D eigenvalue weighted by atomic mass is 79.9. The van der Waals surface area contributed by atoms with Crippen LogP contribution in [0.2, 0.25) is 0 Å². The molecular formula is C15H12BrFO2. The first kappa shape index (κ1) is 13.7. The van der Waals surface area contributed by atoms with E-state index in [4.69, 9.17) is 4.74 Å². The van der Waals surface area contributed by atoms with Crippen molar-refractivity contribution in [3.8, 4) is 5.75 Å². The Labute approximate surface area is 119 Å². The Morgan fingerprint density at radius 1 is 1.26 bits per heavy atom. The zero-order chi connectivity index (χ0) is 14.0. The van der Waals surface area contributed by atoms with Crippen molar-refractivity contribution >= 4 is 21.7 Å². The molecule has 0 bridgehead atoms. The van der Waals surface area contributed by atoms with E-state index in [1.807, 2.05) is 13.0 Å². The van der Waals surface area contributed by atoms with Crippen molar-refractivity contribution in [2.75, 3.05) is 7.11 Å². The van der Waals surface area contributed by atoms with Crippen LogP contribution in [0.4, 0.5) is 4.39 Å². The van der Waals surface area contributed by atoms with Crippen molar-refractivity contribution in [3.63, 3.8) is 0 Å². The van der Waals surface area contributed by atoms with Gasteiger partial charge in [0.1, 0.15) is 11.6 Å². The quantitative estimate of drug-likeness (QED) is 0.794. The first-order chi connectivity index (χ1) is 9.04. The number of methoxy groups -OCH3 is 1. The van der Waals surface area contributed by atoms with Crippen molar-refractivity contribution in [1.29, 1.82) is 0 Å². The lowest BCUT2D eigenvalue weighted by molar-refractivity contribution is 0.103. The molecule has 2 nitrogen and oxygen atoms in total. The zero-order valence-electron chi connectivity index (χ0n) is 10.5. The molecule has 0 atom stereocenters. The Morgan fingerprint density at radius 3 is 2.63 bits per heavy atom. The Kier molecular flexibility index (Phi) is 4.00. The van der Waals surface area contributed by atoms with Crippen molar-refractivity contribution < 1.29 is 13.9 Å². The van der Waals surface area contributed by atoms with Crippen LogP contribution < -0.4 is 4.74 Å². The van der Waals surface area contributed by atoms with Crippen LogP contribution in [0.3, 0.4) is 0 Å². The maximum absolute atomic E-state index is 13.8. The average Bonchev–Trinajstić information content (AvgIpc) is 2.38. The van der Waals surface area contributed by atoms with Crippen LogP contribution in [-0.2, 0) is 0 Å². The maximum atomic E-state index is 13.8. The molecule has 0 aliphatic rings. The van der Waals surface area contributed by atoms with Crippen LogP contribution in [-0.4, -0.2) is 12.9 Å². The molecule has 0 aliphatic carbocycles. The topological polar surface area (TPSA) is 26.3 Å². The summed E-state index contributed by atoms with van der Waals surface area (Å²) in [5.74, 6) is -0.515. The van der Waals surface area contributed by atoms with E-state index in [1.165, 1.54) is 13.2 Å². The van der Waals surface area contributed by atoms with E-state index in [2.05, 4.69) is 15.9 Å². The Morgan fingerprint density at radius 2 is 2.00 bits per heavy atom. The van der Waals surface area contributed by atoms with E-state index in [0.717, 1.165) is 5.56 Å². The number of hydrogen-bond acceptors (Lipinski definition) is 2. The van der Waals surface area contributed by atoms with E-state index in [0.29, 0.717) is 15.8 Å². The second-order valence-electron chi connectivity index (χ2n) is 4.13. The van der Waals surface area contributed by atoms with Crippen molar-refractivity contribution in [2.24, 2.45) is 0 Å². The third kappa shape index (κ3) is 2.68. The molecule has 0 unspecified atom stereocenters. The van der Waals surface area contributed by atoms with Crippen molar-refractivity contribution in [2.45, 2.75) is 6.92 Å². The third-order valence-corrected chi connectivity index (χ3v) is 3.45. The summed E-state index contributed by atoms with van der Waals surface area (Å²) in [5.41, 5.74) is 1.29. The molecule has 2 aromatic rings. The smallest absolute Gasteiger partial charge is 0.200 e. The molecule has 0 saturated heterocycles. The second-order valence-corrected chi connectivity index (χ2v) is 4.98. The molecule has 0 radical (unpaired) electrons. The first-order valence-electron chi connectivity index (χ1n) is 5.68. The summed E-state index contributed by atoms with van der Waals surface area (Å²) >= 11 is 3.21. The normalized spacial score (nSPS) is 10.3. The number of rotatable bonds is 3. The number of benzene rings is 2. The van der Waals surface area contributed by atoms with Gasteiger partial charge in [0, 0.05) is 4.47 Å². The number of aryl methyl sites for hydroxylation is 1. The lowest BCUT2D eigenvalue weighted by Gasteiger charge is -2.10. The summed E-state index contributed by atoms with van der Waals surface area (Å²) in [4.78, 5) is 12.5. The molecule has 2 aromatic carbocycles. The van der Waals surface area contributed by atoms with Crippen LogP contribution in [0.1, 0.15) is 21.5 Å². The van der Waals surface area contributed by atoms with Gasteiger partial charge in [-0.2, -0.15) is 0 Å². The van der Waals surface area contributed by atoms with E-state index >= 15 is 0 Å². The van der Waals surface area contributed by atoms with Gasteiger partial charge in [-0.15, -0.1) is 0 Å². The lowest BCUT2D eigenvalue weighted by atomic mass is 10.00. The molecule has 2 rings (SSSR count). The fourth-order valence-corrected chi connectivity index (χ4v) is 2.37. The Balaban J connectivity index is 2.59. The minimum Gasteiger partial charge on any atom is -0.496 e. The SMILES string of the molecule is COc1ccc(C)cc1C(=O)c1c(F)cccc1Br. The predicted octanol–water partition coefficient (Wildman–Crippen LogP) is 4.14. The van der Waals surface area contributed by atoms with Crippen LogP contribution in [0.25, 0.3) is 0 Å². The van der Waals surface area contributed by atoms with Gasteiger partial charge in [-0.1, -0.05) is 17.7 Å². The summed E-state index contributed by atoms with van der Waals surface area (Å²) in [6, 6.07) is 9.69. The third-order valence-electron chi connectivity index (χ3n) is 2.79. The van der Waals surface area contributed by atoms with Gasteiger partial charge in [0.2, 0.25) is 5.78 Å². The van der Waals surface area contributed by atoms with Gasteiger partial charge in [-0.3, -0.25) is 4.79 Å². The monoisotopic (exact) mass is 322 g/mol. The van der Waals surface area contributed by atoms with Gasteiger partial charge in [0.15, 0.2) is 0 Å². The molecule has 0 fully saturated rings. The van der Waals surface area contributed by atoms with Crippen LogP contribution in [0, 0.1) is 12.7 Å². The summed E-state index contributed by atoms with van der Waals surface area (Å²) in [7, 11) is 1.48. The molecule has 0 aliphatic heterocycles. The van der Waals surface area contributed by atoms with Crippen molar-refractivity contribution in [1.82, 2.24) is 0 Å². The average molecular weight is 323 g/mol. The standard InChI is InChI=1S/C15H12BrFO2/c1-9-6-7-13(19-2)10(8-9)15(18)14-11(16)4-3-5-12(14)17/h3-8H,1-2H3. The minimum absolute atomic E-state index is 0.0198.